The molecular weight excluding hydrogens is 403 g/mol. The molecule has 1 aliphatic carbocycles. The van der Waals surface area contributed by atoms with Gasteiger partial charge in [-0.25, -0.2) is 0 Å². The second kappa shape index (κ2) is 8.96. The summed E-state index contributed by atoms with van der Waals surface area (Å²) in [5.74, 6) is -0.252. The average molecular weight is 427 g/mol. The van der Waals surface area contributed by atoms with Crippen molar-refractivity contribution in [3.63, 3.8) is 0 Å². The maximum absolute atomic E-state index is 13.5. The van der Waals surface area contributed by atoms with E-state index in [4.69, 9.17) is 0 Å². The Labute approximate surface area is 179 Å². The molecule has 0 aliphatic heterocycles. The summed E-state index contributed by atoms with van der Waals surface area (Å²) in [6.45, 7) is 0.562. The second-order valence-electron chi connectivity index (χ2n) is 7.86. The number of fused-ring (bicyclic) bond motifs is 1. The first-order chi connectivity index (χ1) is 14.9. The molecule has 31 heavy (non-hydrogen) atoms. The van der Waals surface area contributed by atoms with Crippen LogP contribution in [0.25, 0.3) is 0 Å². The van der Waals surface area contributed by atoms with Gasteiger partial charge < -0.3 is 4.90 Å². The topological polar surface area (TPSA) is 38.1 Å². The Balaban J connectivity index is 1.61. The van der Waals surface area contributed by atoms with Crippen LogP contribution in [0.2, 0.25) is 0 Å². The number of carbonyl (C=O) groups excluding carboxylic acids is 1. The van der Waals surface area contributed by atoms with E-state index in [1.54, 1.807) is 4.90 Å². The van der Waals surface area contributed by atoms with Gasteiger partial charge in [-0.3, -0.25) is 9.48 Å². The lowest BCUT2D eigenvalue weighted by molar-refractivity contribution is -0.142. The smallest absolute Gasteiger partial charge is 0.332 e. The quantitative estimate of drug-likeness (QED) is 0.555. The number of amides is 1. The van der Waals surface area contributed by atoms with Crippen LogP contribution in [0.15, 0.2) is 60.7 Å². The molecule has 2 aromatic carbocycles. The Bertz CT molecular complexity index is 988. The summed E-state index contributed by atoms with van der Waals surface area (Å²) in [5.41, 5.74) is 1.89. The van der Waals surface area contributed by atoms with Crippen LogP contribution < -0.4 is 0 Å². The van der Waals surface area contributed by atoms with Gasteiger partial charge in [0, 0.05) is 24.3 Å². The van der Waals surface area contributed by atoms with Crippen molar-refractivity contribution in [2.75, 3.05) is 0 Å². The first kappa shape index (κ1) is 21.2. The number of carbonyl (C=O) groups is 1. The number of hydrogen-bond donors (Lipinski definition) is 0. The summed E-state index contributed by atoms with van der Waals surface area (Å²) in [6, 6.07) is 19.2. The minimum atomic E-state index is -4.51. The van der Waals surface area contributed by atoms with E-state index in [9.17, 15) is 18.0 Å². The van der Waals surface area contributed by atoms with Crippen molar-refractivity contribution in [3.05, 3.63) is 88.7 Å². The highest BCUT2D eigenvalue weighted by Gasteiger charge is 2.39. The van der Waals surface area contributed by atoms with Gasteiger partial charge in [-0.1, -0.05) is 60.7 Å². The van der Waals surface area contributed by atoms with Crippen molar-refractivity contribution in [1.82, 2.24) is 14.7 Å². The predicted octanol–water partition coefficient (Wildman–Crippen LogP) is 5.01. The highest BCUT2D eigenvalue weighted by Crippen LogP contribution is 2.35. The van der Waals surface area contributed by atoms with Crippen LogP contribution in [0.3, 0.4) is 0 Å². The van der Waals surface area contributed by atoms with E-state index in [2.05, 4.69) is 5.10 Å². The summed E-state index contributed by atoms with van der Waals surface area (Å²) >= 11 is 0. The molecule has 7 heteroatoms. The van der Waals surface area contributed by atoms with Gasteiger partial charge in [-0.05, 0) is 36.8 Å². The molecule has 162 valence electrons. The van der Waals surface area contributed by atoms with Gasteiger partial charge in [-0.2, -0.15) is 18.3 Å². The van der Waals surface area contributed by atoms with Crippen LogP contribution >= 0.6 is 0 Å². The largest absolute Gasteiger partial charge is 0.435 e. The molecule has 0 radical (unpaired) electrons. The molecule has 0 unspecified atom stereocenters. The molecule has 4 rings (SSSR count). The van der Waals surface area contributed by atoms with Gasteiger partial charge in [0.2, 0.25) is 5.91 Å². The SMILES string of the molecule is O=C(Cn1nc(C(F)(F)F)c2c1CCCC2)N(Cc1ccccc1)Cc1ccccc1. The maximum Gasteiger partial charge on any atom is 0.435 e. The van der Waals surface area contributed by atoms with Gasteiger partial charge >= 0.3 is 6.18 Å². The monoisotopic (exact) mass is 427 g/mol. The fourth-order valence-electron chi connectivity index (χ4n) is 4.10. The van der Waals surface area contributed by atoms with Crippen LogP contribution in [-0.4, -0.2) is 20.6 Å². The molecule has 1 aliphatic rings. The van der Waals surface area contributed by atoms with Gasteiger partial charge in [0.1, 0.15) is 6.54 Å². The molecule has 1 heterocycles. The molecule has 0 atom stereocenters. The Kier molecular flexibility index (Phi) is 6.11. The average Bonchev–Trinajstić information content (AvgIpc) is 3.14. The number of hydrogen-bond acceptors (Lipinski definition) is 2. The zero-order chi connectivity index (χ0) is 21.8. The first-order valence-electron chi connectivity index (χ1n) is 10.4. The lowest BCUT2D eigenvalue weighted by Crippen LogP contribution is -2.34. The molecule has 4 nitrogen and oxygen atoms in total. The Morgan fingerprint density at radius 3 is 2.00 bits per heavy atom. The molecule has 3 aromatic rings. The number of rotatable bonds is 6. The van der Waals surface area contributed by atoms with Gasteiger partial charge in [0.05, 0.1) is 0 Å². The molecule has 0 N–H and O–H groups in total. The lowest BCUT2D eigenvalue weighted by atomic mass is 9.95. The summed E-state index contributed by atoms with van der Waals surface area (Å²) in [5, 5.41) is 3.84. The molecule has 1 aromatic heterocycles. The zero-order valence-corrected chi connectivity index (χ0v) is 17.1. The minimum absolute atomic E-state index is 0.196. The number of nitrogens with zero attached hydrogens (tertiary/aromatic N) is 3. The van der Waals surface area contributed by atoms with E-state index in [1.165, 1.54) is 4.68 Å². The van der Waals surface area contributed by atoms with Crippen LogP contribution in [0.1, 0.15) is 40.9 Å². The number of alkyl halides is 3. The summed E-state index contributed by atoms with van der Waals surface area (Å²) in [7, 11) is 0. The highest BCUT2D eigenvalue weighted by atomic mass is 19.4. The molecule has 0 saturated heterocycles. The van der Waals surface area contributed by atoms with E-state index in [0.717, 1.165) is 17.5 Å². The van der Waals surface area contributed by atoms with Crippen molar-refractivity contribution in [2.45, 2.75) is 51.5 Å². The van der Waals surface area contributed by atoms with E-state index < -0.39 is 11.9 Å². The predicted molar refractivity (Wildman–Crippen MR) is 111 cm³/mol. The maximum atomic E-state index is 13.5. The molecule has 1 amide bonds. The summed E-state index contributed by atoms with van der Waals surface area (Å²) in [6.07, 6.45) is -2.12. The number of benzene rings is 2. The number of halogens is 3. The fraction of sp³-hybridized carbons (Fsp3) is 0.333. The zero-order valence-electron chi connectivity index (χ0n) is 17.1. The van der Waals surface area contributed by atoms with Gasteiger partial charge in [0.15, 0.2) is 5.69 Å². The molecule has 0 saturated carbocycles. The Morgan fingerprint density at radius 2 is 1.45 bits per heavy atom. The third-order valence-electron chi connectivity index (χ3n) is 5.60. The van der Waals surface area contributed by atoms with E-state index in [-0.39, 0.29) is 18.0 Å². The van der Waals surface area contributed by atoms with Crippen molar-refractivity contribution in [1.29, 1.82) is 0 Å². The third kappa shape index (κ3) is 4.98. The minimum Gasteiger partial charge on any atom is -0.332 e. The van der Waals surface area contributed by atoms with E-state index >= 15 is 0 Å². The van der Waals surface area contributed by atoms with E-state index in [1.807, 2.05) is 60.7 Å². The van der Waals surface area contributed by atoms with Gasteiger partial charge in [0.25, 0.3) is 0 Å². The molecular formula is C24H24F3N3O. The second-order valence-corrected chi connectivity index (χ2v) is 7.86. The van der Waals surface area contributed by atoms with Gasteiger partial charge in [-0.15, -0.1) is 0 Å². The van der Waals surface area contributed by atoms with Crippen molar-refractivity contribution >= 4 is 5.91 Å². The normalized spacial score (nSPS) is 13.6. The first-order valence-corrected chi connectivity index (χ1v) is 10.4. The van der Waals surface area contributed by atoms with Crippen LogP contribution in [0.4, 0.5) is 13.2 Å². The third-order valence-corrected chi connectivity index (χ3v) is 5.60. The summed E-state index contributed by atoms with van der Waals surface area (Å²) in [4.78, 5) is 14.9. The van der Waals surface area contributed by atoms with Crippen LogP contribution in [-0.2, 0) is 43.4 Å². The Morgan fingerprint density at radius 1 is 0.903 bits per heavy atom. The van der Waals surface area contributed by atoms with Crippen molar-refractivity contribution in [2.24, 2.45) is 0 Å². The summed E-state index contributed by atoms with van der Waals surface area (Å²) < 4.78 is 41.7. The number of aromatic nitrogens is 2. The standard InChI is InChI=1S/C24H24F3N3O/c25-24(26,27)23-20-13-7-8-14-21(20)30(28-23)17-22(31)29(15-18-9-3-1-4-10-18)16-19-11-5-2-6-12-19/h1-6,9-12H,7-8,13-17H2. The van der Waals surface area contributed by atoms with Crippen LogP contribution in [0, 0.1) is 0 Å². The van der Waals surface area contributed by atoms with Crippen molar-refractivity contribution < 1.29 is 18.0 Å². The Hall–Kier alpha value is -3.09. The lowest BCUT2D eigenvalue weighted by Gasteiger charge is -2.24. The molecule has 0 fully saturated rings. The van der Waals surface area contributed by atoms with Crippen LogP contribution in [0.5, 0.6) is 0 Å². The molecule has 0 spiro atoms. The fourth-order valence-corrected chi connectivity index (χ4v) is 4.10. The molecule has 0 bridgehead atoms. The van der Waals surface area contributed by atoms with E-state index in [0.29, 0.717) is 38.0 Å². The highest BCUT2D eigenvalue weighted by molar-refractivity contribution is 5.76. The van der Waals surface area contributed by atoms with Crippen molar-refractivity contribution in [3.8, 4) is 0 Å².